The molecular formula is C32H48O3Si. The summed E-state index contributed by atoms with van der Waals surface area (Å²) in [6.45, 7) is 7.83. The van der Waals surface area contributed by atoms with Gasteiger partial charge in [-0.2, -0.15) is 0 Å². The molecule has 0 spiro atoms. The molecule has 198 valence electrons. The van der Waals surface area contributed by atoms with Crippen LogP contribution in [0.5, 0.6) is 0 Å². The summed E-state index contributed by atoms with van der Waals surface area (Å²) in [5.41, 5.74) is 0. The molecule has 36 heavy (non-hydrogen) atoms. The van der Waals surface area contributed by atoms with Gasteiger partial charge < -0.3 is 9.53 Å². The van der Waals surface area contributed by atoms with Crippen molar-refractivity contribution in [1.29, 1.82) is 0 Å². The van der Waals surface area contributed by atoms with E-state index < -0.39 is 14.3 Å². The number of aliphatic carboxylic acids is 1. The number of carbonyl (C=O) groups is 1. The lowest BCUT2D eigenvalue weighted by Gasteiger charge is -2.43. The standard InChI is InChI=1S/C32H48O3Si/c1-32(2,3)36(29-23-17-15-18-24-29,30-25-19-16-20-26-30)35-28-22-14-12-10-8-6-4-5-7-9-11-13-21-27-31(33)34/h4,6,15-20,23-26H,5,7-14,21-22,27-28H2,1-3H3,(H,33,34)/b6-4-. The van der Waals surface area contributed by atoms with Crippen LogP contribution < -0.4 is 10.4 Å². The molecule has 1 N–H and O–H groups in total. The zero-order valence-corrected chi connectivity index (χ0v) is 23.9. The van der Waals surface area contributed by atoms with Crippen LogP contribution in [0.1, 0.15) is 97.8 Å². The first-order valence-electron chi connectivity index (χ1n) is 14.0. The molecule has 2 aromatic carbocycles. The number of unbranched alkanes of at least 4 members (excludes halogenated alkanes) is 9. The second-order valence-electron chi connectivity index (χ2n) is 10.9. The van der Waals surface area contributed by atoms with Crippen LogP contribution in [0.2, 0.25) is 5.04 Å². The summed E-state index contributed by atoms with van der Waals surface area (Å²) in [6.07, 6.45) is 17.5. The summed E-state index contributed by atoms with van der Waals surface area (Å²) in [5, 5.41) is 11.4. The van der Waals surface area contributed by atoms with Crippen molar-refractivity contribution in [3.05, 3.63) is 72.8 Å². The van der Waals surface area contributed by atoms with Crippen LogP contribution in [0, 0.1) is 0 Å². The minimum absolute atomic E-state index is 0.0406. The first kappa shape index (κ1) is 30.1. The minimum Gasteiger partial charge on any atom is -0.481 e. The summed E-state index contributed by atoms with van der Waals surface area (Å²) in [7, 11) is -2.40. The molecule has 0 saturated heterocycles. The van der Waals surface area contributed by atoms with E-state index in [2.05, 4.69) is 93.6 Å². The molecule has 0 aromatic heterocycles. The number of carboxylic acid groups (broad SMARTS) is 1. The summed E-state index contributed by atoms with van der Waals surface area (Å²) in [5.74, 6) is -0.676. The van der Waals surface area contributed by atoms with Gasteiger partial charge in [0.15, 0.2) is 0 Å². The number of benzene rings is 2. The van der Waals surface area contributed by atoms with Crippen molar-refractivity contribution in [3.63, 3.8) is 0 Å². The highest BCUT2D eigenvalue weighted by Gasteiger charge is 2.49. The van der Waals surface area contributed by atoms with E-state index in [1.807, 2.05) is 0 Å². The Morgan fingerprint density at radius 2 is 1.17 bits per heavy atom. The highest BCUT2D eigenvalue weighted by atomic mass is 28.4. The second kappa shape index (κ2) is 16.5. The molecule has 2 aromatic rings. The molecule has 0 atom stereocenters. The van der Waals surface area contributed by atoms with Gasteiger partial charge in [-0.3, -0.25) is 4.79 Å². The van der Waals surface area contributed by atoms with Gasteiger partial charge in [0, 0.05) is 13.0 Å². The van der Waals surface area contributed by atoms with Crippen molar-refractivity contribution in [1.82, 2.24) is 0 Å². The molecule has 0 radical (unpaired) electrons. The number of hydrogen-bond acceptors (Lipinski definition) is 2. The van der Waals surface area contributed by atoms with Crippen molar-refractivity contribution < 1.29 is 14.3 Å². The Labute approximate surface area is 221 Å². The van der Waals surface area contributed by atoms with Crippen LogP contribution in [0.25, 0.3) is 0 Å². The first-order valence-corrected chi connectivity index (χ1v) is 15.9. The minimum atomic E-state index is -2.40. The summed E-state index contributed by atoms with van der Waals surface area (Å²) in [4.78, 5) is 10.5. The molecule has 2 rings (SSSR count). The maximum absolute atomic E-state index is 10.5. The molecule has 0 bridgehead atoms. The molecule has 0 saturated carbocycles. The smallest absolute Gasteiger partial charge is 0.303 e. The Hall–Kier alpha value is -2.17. The molecule has 0 aliphatic carbocycles. The summed E-state index contributed by atoms with van der Waals surface area (Å²) < 4.78 is 6.98. The number of carboxylic acids is 1. The quantitative estimate of drug-likeness (QED) is 0.126. The average molecular weight is 509 g/mol. The van der Waals surface area contributed by atoms with Gasteiger partial charge in [0.25, 0.3) is 8.32 Å². The zero-order valence-electron chi connectivity index (χ0n) is 22.9. The van der Waals surface area contributed by atoms with Gasteiger partial charge in [0.1, 0.15) is 0 Å². The van der Waals surface area contributed by atoms with E-state index in [9.17, 15) is 4.79 Å². The fraction of sp³-hybridized carbons (Fsp3) is 0.531. The Morgan fingerprint density at radius 1 is 0.722 bits per heavy atom. The fourth-order valence-electron chi connectivity index (χ4n) is 5.01. The number of rotatable bonds is 18. The topological polar surface area (TPSA) is 46.5 Å². The van der Waals surface area contributed by atoms with Crippen LogP contribution in [0.15, 0.2) is 72.8 Å². The average Bonchev–Trinajstić information content (AvgIpc) is 2.86. The van der Waals surface area contributed by atoms with Gasteiger partial charge in [-0.25, -0.2) is 0 Å². The van der Waals surface area contributed by atoms with E-state index in [1.165, 1.54) is 42.5 Å². The highest BCUT2D eigenvalue weighted by Crippen LogP contribution is 2.36. The van der Waals surface area contributed by atoms with Crippen LogP contribution >= 0.6 is 0 Å². The summed E-state index contributed by atoms with van der Waals surface area (Å²) in [6, 6.07) is 21.8. The Bertz CT molecular complexity index is 832. The van der Waals surface area contributed by atoms with Gasteiger partial charge >= 0.3 is 5.97 Å². The van der Waals surface area contributed by atoms with E-state index in [1.54, 1.807) is 0 Å². The Morgan fingerprint density at radius 3 is 1.64 bits per heavy atom. The normalized spacial score (nSPS) is 12.3. The fourth-order valence-corrected chi connectivity index (χ4v) is 9.62. The van der Waals surface area contributed by atoms with Crippen molar-refractivity contribution >= 4 is 24.7 Å². The molecule has 0 unspecified atom stereocenters. The maximum Gasteiger partial charge on any atom is 0.303 e. The lowest BCUT2D eigenvalue weighted by molar-refractivity contribution is -0.137. The molecule has 0 amide bonds. The predicted molar refractivity (Wildman–Crippen MR) is 156 cm³/mol. The first-order chi connectivity index (χ1) is 17.4. The third-order valence-corrected chi connectivity index (χ3v) is 12.0. The van der Waals surface area contributed by atoms with Crippen molar-refractivity contribution in [2.75, 3.05) is 6.61 Å². The van der Waals surface area contributed by atoms with Gasteiger partial charge in [-0.1, -0.05) is 126 Å². The van der Waals surface area contributed by atoms with E-state index in [4.69, 9.17) is 9.53 Å². The molecular weight excluding hydrogens is 460 g/mol. The van der Waals surface area contributed by atoms with E-state index in [0.29, 0.717) is 6.42 Å². The van der Waals surface area contributed by atoms with Gasteiger partial charge in [-0.15, -0.1) is 0 Å². The van der Waals surface area contributed by atoms with E-state index in [-0.39, 0.29) is 5.04 Å². The molecule has 0 aliphatic rings. The third-order valence-electron chi connectivity index (χ3n) is 6.93. The second-order valence-corrected chi connectivity index (χ2v) is 15.2. The van der Waals surface area contributed by atoms with Gasteiger partial charge in [0.2, 0.25) is 0 Å². The third kappa shape index (κ3) is 10.1. The Kier molecular flexibility index (Phi) is 13.8. The molecule has 0 heterocycles. The SMILES string of the molecule is CC(C)(C)[Si](OCCCCCC/C=C\CCCCCCCC(=O)O)(c1ccccc1)c1ccccc1. The van der Waals surface area contributed by atoms with Gasteiger partial charge in [-0.05, 0) is 53.9 Å². The van der Waals surface area contributed by atoms with Crippen molar-refractivity contribution in [3.8, 4) is 0 Å². The molecule has 0 aliphatic heterocycles. The van der Waals surface area contributed by atoms with Crippen LogP contribution in [-0.4, -0.2) is 26.0 Å². The largest absolute Gasteiger partial charge is 0.481 e. The van der Waals surface area contributed by atoms with Gasteiger partial charge in [0.05, 0.1) is 0 Å². The molecule has 3 nitrogen and oxygen atoms in total. The van der Waals surface area contributed by atoms with Crippen LogP contribution in [0.4, 0.5) is 0 Å². The number of allylic oxidation sites excluding steroid dienone is 2. The van der Waals surface area contributed by atoms with Crippen LogP contribution in [-0.2, 0) is 9.22 Å². The van der Waals surface area contributed by atoms with E-state index >= 15 is 0 Å². The lowest BCUT2D eigenvalue weighted by atomic mass is 10.1. The maximum atomic E-state index is 10.5. The lowest BCUT2D eigenvalue weighted by Crippen LogP contribution is -2.66. The van der Waals surface area contributed by atoms with Crippen LogP contribution in [0.3, 0.4) is 0 Å². The van der Waals surface area contributed by atoms with Crippen molar-refractivity contribution in [2.45, 2.75) is 103 Å². The molecule has 0 fully saturated rings. The number of hydrogen-bond donors (Lipinski definition) is 1. The highest BCUT2D eigenvalue weighted by molar-refractivity contribution is 6.99. The monoisotopic (exact) mass is 508 g/mol. The predicted octanol–water partition coefficient (Wildman–Crippen LogP) is 7.89. The molecule has 4 heteroatoms. The Balaban J connectivity index is 1.70. The zero-order chi connectivity index (χ0) is 26.1. The summed E-state index contributed by atoms with van der Waals surface area (Å²) >= 11 is 0. The van der Waals surface area contributed by atoms with E-state index in [0.717, 1.165) is 45.1 Å². The van der Waals surface area contributed by atoms with Crippen molar-refractivity contribution in [2.24, 2.45) is 0 Å².